The van der Waals surface area contributed by atoms with Gasteiger partial charge in [0.25, 0.3) is 0 Å². The maximum atomic E-state index is 10.5. The monoisotopic (exact) mass is 380 g/mol. The summed E-state index contributed by atoms with van der Waals surface area (Å²) in [5.41, 5.74) is 2.58. The van der Waals surface area contributed by atoms with Crippen LogP contribution >= 0.6 is 0 Å². The minimum atomic E-state index is -0.451. The van der Waals surface area contributed by atoms with Gasteiger partial charge in [-0.05, 0) is 49.5 Å². The van der Waals surface area contributed by atoms with Gasteiger partial charge in [-0.15, -0.1) is 0 Å². The van der Waals surface area contributed by atoms with E-state index in [1.54, 1.807) is 7.11 Å². The molecule has 148 valence electrons. The zero-order valence-corrected chi connectivity index (χ0v) is 16.2. The number of hydrogen-bond acceptors (Lipinski definition) is 5. The van der Waals surface area contributed by atoms with Gasteiger partial charge < -0.3 is 19.9 Å². The minimum absolute atomic E-state index is 0.0162. The van der Waals surface area contributed by atoms with Crippen molar-refractivity contribution >= 4 is 0 Å². The lowest BCUT2D eigenvalue weighted by atomic mass is 9.82. The topological polar surface area (TPSA) is 62.8 Å². The zero-order chi connectivity index (χ0) is 19.1. The summed E-state index contributed by atoms with van der Waals surface area (Å²) >= 11 is 0. The molecule has 0 spiro atoms. The van der Waals surface area contributed by atoms with E-state index in [-0.39, 0.29) is 24.2 Å². The van der Waals surface area contributed by atoms with E-state index in [0.717, 1.165) is 37.3 Å². The van der Waals surface area contributed by atoms with Gasteiger partial charge in [0, 0.05) is 17.4 Å². The molecule has 2 aliphatic heterocycles. The highest BCUT2D eigenvalue weighted by Gasteiger charge is 2.39. The maximum absolute atomic E-state index is 10.5. The van der Waals surface area contributed by atoms with E-state index in [1.807, 2.05) is 6.08 Å². The molecule has 5 rings (SSSR count). The van der Waals surface area contributed by atoms with Crippen molar-refractivity contribution in [1.82, 2.24) is 10.6 Å². The zero-order valence-electron chi connectivity index (χ0n) is 16.2. The Kier molecular flexibility index (Phi) is 4.65. The summed E-state index contributed by atoms with van der Waals surface area (Å²) in [5, 5.41) is 17.6. The van der Waals surface area contributed by atoms with Gasteiger partial charge in [0.1, 0.15) is 11.9 Å². The van der Waals surface area contributed by atoms with Crippen molar-refractivity contribution in [2.24, 2.45) is 5.92 Å². The first-order valence-corrected chi connectivity index (χ1v) is 10.3. The van der Waals surface area contributed by atoms with Gasteiger partial charge in [0.2, 0.25) is 0 Å². The molecule has 2 heterocycles. The van der Waals surface area contributed by atoms with Gasteiger partial charge in [0.05, 0.1) is 25.4 Å². The standard InChI is InChI=1S/C23H28N2O3/c1-27-21-13-17(24-23(25-21)15-7-2-4-10-18(15)26)14-9-6-12-20-22(14)16-8-3-5-11-19(16)28-20/h4-6,9-13,15-19,23-26H,2-3,7-8H2,1H3. The summed E-state index contributed by atoms with van der Waals surface area (Å²) in [6.07, 6.45) is 14.3. The molecule has 3 N–H and O–H groups in total. The van der Waals surface area contributed by atoms with Gasteiger partial charge in [-0.2, -0.15) is 0 Å². The molecule has 1 aromatic carbocycles. The predicted molar refractivity (Wildman–Crippen MR) is 108 cm³/mol. The molecule has 5 heteroatoms. The quantitative estimate of drug-likeness (QED) is 0.703. The van der Waals surface area contributed by atoms with Gasteiger partial charge in [0.15, 0.2) is 5.88 Å². The van der Waals surface area contributed by atoms with Gasteiger partial charge in [-0.25, -0.2) is 0 Å². The number of rotatable bonds is 3. The second-order valence-electron chi connectivity index (χ2n) is 8.11. The third-order valence-electron chi connectivity index (χ3n) is 6.50. The van der Waals surface area contributed by atoms with Crippen LogP contribution < -0.4 is 15.4 Å². The van der Waals surface area contributed by atoms with Crippen LogP contribution in [0.5, 0.6) is 5.75 Å². The molecule has 6 atom stereocenters. The van der Waals surface area contributed by atoms with Crippen LogP contribution in [0.15, 0.2) is 54.5 Å². The largest absolute Gasteiger partial charge is 0.485 e. The molecule has 0 saturated carbocycles. The Bertz CT molecular complexity index is 831. The first kappa shape index (κ1) is 17.8. The number of allylic oxidation sites excluding steroid dienone is 2. The molecule has 4 aliphatic rings. The summed E-state index contributed by atoms with van der Waals surface area (Å²) in [6, 6.07) is 6.37. The molecule has 6 unspecified atom stereocenters. The summed E-state index contributed by atoms with van der Waals surface area (Å²) in [4.78, 5) is 0. The molecule has 1 aromatic rings. The number of nitrogens with one attached hydrogen (secondary N) is 2. The van der Waals surface area contributed by atoms with Gasteiger partial charge in [-0.1, -0.05) is 30.4 Å². The third-order valence-corrected chi connectivity index (χ3v) is 6.50. The number of aliphatic hydroxyl groups is 1. The Hall–Kier alpha value is -2.24. The number of aliphatic hydroxyl groups excluding tert-OH is 1. The van der Waals surface area contributed by atoms with Gasteiger partial charge >= 0.3 is 0 Å². The van der Waals surface area contributed by atoms with Crippen LogP contribution in [-0.4, -0.2) is 30.6 Å². The van der Waals surface area contributed by atoms with E-state index >= 15 is 0 Å². The number of hydrogen-bond donors (Lipinski definition) is 3. The lowest BCUT2D eigenvalue weighted by Crippen LogP contribution is -2.54. The Labute approximate surface area is 166 Å². The average Bonchev–Trinajstić information content (AvgIpc) is 3.12. The molecule has 0 fully saturated rings. The van der Waals surface area contributed by atoms with E-state index in [9.17, 15) is 5.11 Å². The maximum Gasteiger partial charge on any atom is 0.185 e. The number of benzene rings is 1. The van der Waals surface area contributed by atoms with Crippen LogP contribution in [-0.2, 0) is 4.74 Å². The molecule has 0 bridgehead atoms. The molecular formula is C23H28N2O3. The summed E-state index contributed by atoms with van der Waals surface area (Å²) in [5.74, 6) is 2.27. The Balaban J connectivity index is 1.49. The lowest BCUT2D eigenvalue weighted by molar-refractivity contribution is 0.0858. The number of fused-ring (bicyclic) bond motifs is 3. The van der Waals surface area contributed by atoms with Gasteiger partial charge in [-0.3, -0.25) is 5.32 Å². The van der Waals surface area contributed by atoms with Crippen molar-refractivity contribution in [1.29, 1.82) is 0 Å². The molecular weight excluding hydrogens is 352 g/mol. The van der Waals surface area contributed by atoms with Crippen molar-refractivity contribution < 1.29 is 14.6 Å². The minimum Gasteiger partial charge on any atom is -0.485 e. The predicted octanol–water partition coefficient (Wildman–Crippen LogP) is 3.26. The normalized spacial score (nSPS) is 36.0. The fourth-order valence-corrected chi connectivity index (χ4v) is 5.09. The van der Waals surface area contributed by atoms with Crippen molar-refractivity contribution in [3.8, 4) is 5.75 Å². The first-order chi connectivity index (χ1) is 13.7. The highest BCUT2D eigenvalue weighted by Crippen LogP contribution is 2.47. The molecule has 2 aliphatic carbocycles. The Morgan fingerprint density at radius 3 is 2.86 bits per heavy atom. The highest BCUT2D eigenvalue weighted by molar-refractivity contribution is 5.50. The van der Waals surface area contributed by atoms with E-state index in [2.05, 4.69) is 53.1 Å². The Morgan fingerprint density at radius 2 is 2.00 bits per heavy atom. The van der Waals surface area contributed by atoms with Crippen molar-refractivity contribution in [3.63, 3.8) is 0 Å². The van der Waals surface area contributed by atoms with Crippen molar-refractivity contribution in [2.75, 3.05) is 7.11 Å². The van der Waals surface area contributed by atoms with Crippen molar-refractivity contribution in [3.05, 3.63) is 65.6 Å². The summed E-state index contributed by atoms with van der Waals surface area (Å²) in [6.45, 7) is 0. The molecule has 0 aromatic heterocycles. The van der Waals surface area contributed by atoms with Crippen LogP contribution in [0, 0.1) is 5.92 Å². The van der Waals surface area contributed by atoms with Crippen LogP contribution in [0.3, 0.4) is 0 Å². The lowest BCUT2D eigenvalue weighted by Gasteiger charge is -2.39. The van der Waals surface area contributed by atoms with Crippen LogP contribution in [0.2, 0.25) is 0 Å². The Morgan fingerprint density at radius 1 is 1.14 bits per heavy atom. The second-order valence-corrected chi connectivity index (χ2v) is 8.11. The SMILES string of the molecule is COC1=CC(c2cccc3c2C2CCC=CC2O3)NC(C2CCC=CC2O)N1. The van der Waals surface area contributed by atoms with Crippen LogP contribution in [0.4, 0.5) is 0 Å². The van der Waals surface area contributed by atoms with E-state index in [0.29, 0.717) is 5.92 Å². The molecule has 28 heavy (non-hydrogen) atoms. The highest BCUT2D eigenvalue weighted by atomic mass is 16.5. The number of methoxy groups -OCH3 is 1. The fraction of sp³-hybridized carbons (Fsp3) is 0.478. The van der Waals surface area contributed by atoms with Crippen LogP contribution in [0.1, 0.15) is 48.8 Å². The smallest absolute Gasteiger partial charge is 0.185 e. The van der Waals surface area contributed by atoms with E-state index in [1.165, 1.54) is 11.1 Å². The molecule has 0 amide bonds. The summed E-state index contributed by atoms with van der Waals surface area (Å²) < 4.78 is 11.8. The average molecular weight is 380 g/mol. The number of ether oxygens (including phenoxy) is 2. The first-order valence-electron chi connectivity index (χ1n) is 10.3. The second kappa shape index (κ2) is 7.30. The third kappa shape index (κ3) is 3.03. The molecule has 0 radical (unpaired) electrons. The summed E-state index contributed by atoms with van der Waals surface area (Å²) in [7, 11) is 1.69. The fourth-order valence-electron chi connectivity index (χ4n) is 5.09. The van der Waals surface area contributed by atoms with E-state index in [4.69, 9.17) is 9.47 Å². The molecule has 5 nitrogen and oxygen atoms in total. The van der Waals surface area contributed by atoms with E-state index < -0.39 is 6.10 Å². The molecule has 0 saturated heterocycles. The van der Waals surface area contributed by atoms with Crippen LogP contribution in [0.25, 0.3) is 0 Å². The van der Waals surface area contributed by atoms with Crippen molar-refractivity contribution in [2.45, 2.75) is 56.0 Å².